The molecule has 0 bridgehead atoms. The van der Waals surface area contributed by atoms with Gasteiger partial charge in [-0.1, -0.05) is 12.1 Å². The maximum atomic E-state index is 13.5. The molecule has 8 heteroatoms. The first-order valence-electron chi connectivity index (χ1n) is 6.00. The normalized spacial score (nSPS) is 11.3. The highest BCUT2D eigenvalue weighted by molar-refractivity contribution is 5.41. The Kier molecular flexibility index (Phi) is 4.25. The molecule has 4 nitrogen and oxygen atoms in total. The Hall–Kier alpha value is -2.38. The van der Waals surface area contributed by atoms with E-state index >= 15 is 0 Å². The Morgan fingerprint density at radius 3 is 2.38 bits per heavy atom. The summed E-state index contributed by atoms with van der Waals surface area (Å²) in [6.07, 6.45) is -3.36. The highest BCUT2D eigenvalue weighted by atomic mass is 19.4. The van der Waals surface area contributed by atoms with Crippen LogP contribution in [0.15, 0.2) is 30.5 Å². The fourth-order valence-electron chi connectivity index (χ4n) is 1.61. The minimum absolute atomic E-state index is 0.0192. The zero-order valence-corrected chi connectivity index (χ0v) is 11.0. The van der Waals surface area contributed by atoms with E-state index in [2.05, 4.69) is 20.6 Å². The van der Waals surface area contributed by atoms with Crippen molar-refractivity contribution >= 4 is 11.8 Å². The zero-order chi connectivity index (χ0) is 15.5. The maximum Gasteiger partial charge on any atom is 0.416 e. The molecule has 0 aliphatic rings. The Bertz CT molecular complexity index is 611. The third-order valence-corrected chi connectivity index (χ3v) is 2.71. The van der Waals surface area contributed by atoms with Crippen molar-refractivity contribution in [3.63, 3.8) is 0 Å². The minimum atomic E-state index is -4.37. The van der Waals surface area contributed by atoms with E-state index in [0.717, 1.165) is 18.3 Å². The van der Waals surface area contributed by atoms with E-state index in [-0.39, 0.29) is 18.3 Å². The molecule has 1 aromatic carbocycles. The number of nitrogens with zero attached hydrogens (tertiary/aromatic N) is 2. The second-order valence-electron chi connectivity index (χ2n) is 4.19. The number of hydrogen-bond donors (Lipinski definition) is 2. The van der Waals surface area contributed by atoms with Crippen LogP contribution in [0.5, 0.6) is 0 Å². The first-order valence-corrected chi connectivity index (χ1v) is 6.00. The van der Waals surface area contributed by atoms with Crippen molar-refractivity contribution < 1.29 is 17.6 Å². The van der Waals surface area contributed by atoms with Gasteiger partial charge in [-0.3, -0.25) is 0 Å². The van der Waals surface area contributed by atoms with Crippen LogP contribution in [0.4, 0.5) is 29.3 Å². The summed E-state index contributed by atoms with van der Waals surface area (Å²) in [4.78, 5) is 7.56. The topological polar surface area (TPSA) is 49.8 Å². The van der Waals surface area contributed by atoms with Crippen LogP contribution in [0.3, 0.4) is 0 Å². The molecular weight excluding hydrogens is 288 g/mol. The van der Waals surface area contributed by atoms with Gasteiger partial charge in [-0.2, -0.15) is 18.2 Å². The van der Waals surface area contributed by atoms with Gasteiger partial charge in [0.15, 0.2) is 11.6 Å². The SMILES string of the molecule is CNc1ncc(F)c(NCc2ccc(C(F)(F)F)cc2)n1. The third-order valence-electron chi connectivity index (χ3n) is 2.71. The number of benzene rings is 1. The van der Waals surface area contributed by atoms with E-state index in [1.165, 1.54) is 12.1 Å². The van der Waals surface area contributed by atoms with Crippen molar-refractivity contribution in [1.29, 1.82) is 0 Å². The molecule has 0 saturated carbocycles. The van der Waals surface area contributed by atoms with Crippen molar-refractivity contribution in [2.75, 3.05) is 17.7 Å². The average Bonchev–Trinajstić information content (AvgIpc) is 2.46. The number of aromatic nitrogens is 2. The fourth-order valence-corrected chi connectivity index (χ4v) is 1.61. The second-order valence-corrected chi connectivity index (χ2v) is 4.19. The van der Waals surface area contributed by atoms with Gasteiger partial charge >= 0.3 is 6.18 Å². The molecule has 1 heterocycles. The van der Waals surface area contributed by atoms with Crippen LogP contribution in [0.1, 0.15) is 11.1 Å². The molecule has 0 radical (unpaired) electrons. The molecule has 1 aromatic heterocycles. The number of halogens is 4. The molecule has 0 aliphatic heterocycles. The fraction of sp³-hybridized carbons (Fsp3) is 0.231. The Balaban J connectivity index is 2.06. The predicted molar refractivity (Wildman–Crippen MR) is 70.3 cm³/mol. The van der Waals surface area contributed by atoms with Gasteiger partial charge < -0.3 is 10.6 Å². The standard InChI is InChI=1S/C13H12F4N4/c1-18-12-20-7-10(14)11(21-12)19-6-8-2-4-9(5-3-8)13(15,16)17/h2-5,7H,6H2,1H3,(H2,18,19,20,21). The van der Waals surface area contributed by atoms with Gasteiger partial charge in [0, 0.05) is 13.6 Å². The summed E-state index contributed by atoms with van der Waals surface area (Å²) in [5, 5.41) is 5.38. The molecule has 0 saturated heterocycles. The van der Waals surface area contributed by atoms with Gasteiger partial charge in [0.1, 0.15) is 0 Å². The lowest BCUT2D eigenvalue weighted by Gasteiger charge is -2.10. The quantitative estimate of drug-likeness (QED) is 0.851. The summed E-state index contributed by atoms with van der Waals surface area (Å²) in [6.45, 7) is 0.148. The molecule has 0 amide bonds. The van der Waals surface area contributed by atoms with Crippen LogP contribution in [0, 0.1) is 5.82 Å². The van der Waals surface area contributed by atoms with Crippen molar-refractivity contribution in [2.45, 2.75) is 12.7 Å². The second kappa shape index (κ2) is 5.94. The highest BCUT2D eigenvalue weighted by Crippen LogP contribution is 2.29. The molecular formula is C13H12F4N4. The van der Waals surface area contributed by atoms with Gasteiger partial charge in [0.25, 0.3) is 0 Å². The van der Waals surface area contributed by atoms with Crippen LogP contribution in [0.2, 0.25) is 0 Å². The molecule has 2 rings (SSSR count). The molecule has 0 atom stereocenters. The first kappa shape index (κ1) is 15.0. The average molecular weight is 300 g/mol. The molecule has 112 valence electrons. The summed E-state index contributed by atoms with van der Waals surface area (Å²) in [5.74, 6) is -0.415. The molecule has 0 fully saturated rings. The van der Waals surface area contributed by atoms with E-state index in [1.54, 1.807) is 7.05 Å². The molecule has 0 unspecified atom stereocenters. The lowest BCUT2D eigenvalue weighted by Crippen LogP contribution is -2.08. The number of alkyl halides is 3. The first-order chi connectivity index (χ1) is 9.90. The van der Waals surface area contributed by atoms with Crippen LogP contribution in [-0.2, 0) is 12.7 Å². The van der Waals surface area contributed by atoms with Crippen LogP contribution in [0.25, 0.3) is 0 Å². The Labute approximate surface area is 118 Å². The van der Waals surface area contributed by atoms with E-state index in [1.807, 2.05) is 0 Å². The molecule has 0 spiro atoms. The van der Waals surface area contributed by atoms with Gasteiger partial charge in [0.05, 0.1) is 11.8 Å². The summed E-state index contributed by atoms with van der Waals surface area (Å²) in [7, 11) is 1.59. The lowest BCUT2D eigenvalue weighted by molar-refractivity contribution is -0.137. The van der Waals surface area contributed by atoms with Gasteiger partial charge in [-0.05, 0) is 17.7 Å². The Morgan fingerprint density at radius 2 is 1.81 bits per heavy atom. The van der Waals surface area contributed by atoms with E-state index in [4.69, 9.17) is 0 Å². The Morgan fingerprint density at radius 1 is 1.14 bits per heavy atom. The van der Waals surface area contributed by atoms with Gasteiger partial charge in [-0.25, -0.2) is 9.37 Å². The number of anilines is 2. The molecule has 21 heavy (non-hydrogen) atoms. The van der Waals surface area contributed by atoms with E-state index < -0.39 is 17.6 Å². The highest BCUT2D eigenvalue weighted by Gasteiger charge is 2.29. The number of rotatable bonds is 4. The predicted octanol–water partition coefficient (Wildman–Crippen LogP) is 3.29. The van der Waals surface area contributed by atoms with Crippen LogP contribution >= 0.6 is 0 Å². The lowest BCUT2D eigenvalue weighted by atomic mass is 10.1. The third kappa shape index (κ3) is 3.80. The van der Waals surface area contributed by atoms with Crippen LogP contribution < -0.4 is 10.6 Å². The van der Waals surface area contributed by atoms with Gasteiger partial charge in [0.2, 0.25) is 5.95 Å². The zero-order valence-electron chi connectivity index (χ0n) is 11.0. The van der Waals surface area contributed by atoms with E-state index in [9.17, 15) is 17.6 Å². The van der Waals surface area contributed by atoms with Crippen molar-refractivity contribution in [3.8, 4) is 0 Å². The molecule has 2 N–H and O–H groups in total. The smallest absolute Gasteiger partial charge is 0.363 e. The molecule has 0 aliphatic carbocycles. The maximum absolute atomic E-state index is 13.5. The monoisotopic (exact) mass is 300 g/mol. The van der Waals surface area contributed by atoms with E-state index in [0.29, 0.717) is 5.56 Å². The number of hydrogen-bond acceptors (Lipinski definition) is 4. The summed E-state index contributed by atoms with van der Waals surface area (Å²) >= 11 is 0. The number of nitrogens with one attached hydrogen (secondary N) is 2. The van der Waals surface area contributed by atoms with Crippen molar-refractivity contribution in [1.82, 2.24) is 9.97 Å². The summed E-state index contributed by atoms with van der Waals surface area (Å²) in [5.41, 5.74) is -0.149. The minimum Gasteiger partial charge on any atom is -0.363 e. The summed E-state index contributed by atoms with van der Waals surface area (Å²) in [6, 6.07) is 4.61. The van der Waals surface area contributed by atoms with Gasteiger partial charge in [-0.15, -0.1) is 0 Å². The summed E-state index contributed by atoms with van der Waals surface area (Å²) < 4.78 is 50.7. The largest absolute Gasteiger partial charge is 0.416 e. The van der Waals surface area contributed by atoms with Crippen LogP contribution in [-0.4, -0.2) is 17.0 Å². The molecule has 2 aromatic rings. The van der Waals surface area contributed by atoms with Crippen molar-refractivity contribution in [2.24, 2.45) is 0 Å². The van der Waals surface area contributed by atoms with Crippen molar-refractivity contribution in [3.05, 3.63) is 47.4 Å².